The molecular formula is C12H20N4O2S. The van der Waals surface area contributed by atoms with Crippen LogP contribution in [-0.2, 0) is 4.74 Å². The molecule has 1 fully saturated rings. The lowest BCUT2D eigenvalue weighted by atomic mass is 10.0. The number of carbonyl (C=O) groups is 1. The van der Waals surface area contributed by atoms with Crippen molar-refractivity contribution in [1.29, 1.82) is 0 Å². The summed E-state index contributed by atoms with van der Waals surface area (Å²) in [5, 5.41) is 6.65. The Morgan fingerprint density at radius 1 is 1.63 bits per heavy atom. The van der Waals surface area contributed by atoms with E-state index in [0.717, 1.165) is 32.6 Å². The fourth-order valence-corrected chi connectivity index (χ4v) is 2.88. The average molecular weight is 284 g/mol. The molecule has 1 atom stereocenters. The standard InChI is InChI=1S/C12H20N4O2S/c1-2-14-12-16-10(13)9(19-12)11(17)15-6-8-4-3-5-18-7-8/h8H,2-7,13H2,1H3,(H,14,16)(H,15,17). The largest absolute Gasteiger partial charge is 0.382 e. The summed E-state index contributed by atoms with van der Waals surface area (Å²) in [6.45, 7) is 4.92. The summed E-state index contributed by atoms with van der Waals surface area (Å²) >= 11 is 1.29. The number of nitrogens with one attached hydrogen (secondary N) is 2. The molecule has 0 radical (unpaired) electrons. The van der Waals surface area contributed by atoms with Gasteiger partial charge in [-0.1, -0.05) is 11.3 Å². The van der Waals surface area contributed by atoms with Crippen LogP contribution in [0.4, 0.5) is 10.9 Å². The molecule has 6 nitrogen and oxygen atoms in total. The normalized spacial score (nSPS) is 19.1. The second-order valence-corrected chi connectivity index (χ2v) is 5.56. The average Bonchev–Trinajstić information content (AvgIpc) is 2.79. The zero-order chi connectivity index (χ0) is 13.7. The highest BCUT2D eigenvalue weighted by Crippen LogP contribution is 2.24. The summed E-state index contributed by atoms with van der Waals surface area (Å²) in [5.74, 6) is 0.545. The van der Waals surface area contributed by atoms with Gasteiger partial charge in [0.05, 0.1) is 6.61 Å². The van der Waals surface area contributed by atoms with E-state index in [9.17, 15) is 4.79 Å². The SMILES string of the molecule is CCNc1nc(N)c(C(=O)NCC2CCCOC2)s1. The molecule has 1 aromatic heterocycles. The summed E-state index contributed by atoms with van der Waals surface area (Å²) < 4.78 is 5.38. The van der Waals surface area contributed by atoms with E-state index < -0.39 is 0 Å². The Morgan fingerprint density at radius 3 is 3.16 bits per heavy atom. The Bertz CT molecular complexity index is 429. The first kappa shape index (κ1) is 14.1. The number of nitrogens with two attached hydrogens (primary N) is 1. The number of anilines is 2. The maximum Gasteiger partial charge on any atom is 0.265 e. The van der Waals surface area contributed by atoms with E-state index in [1.54, 1.807) is 0 Å². The minimum absolute atomic E-state index is 0.148. The molecule has 2 rings (SSSR count). The van der Waals surface area contributed by atoms with Crippen LogP contribution in [0, 0.1) is 5.92 Å². The number of aromatic nitrogens is 1. The van der Waals surface area contributed by atoms with Gasteiger partial charge in [0.2, 0.25) is 0 Å². The molecule has 1 saturated heterocycles. The third kappa shape index (κ3) is 3.81. The van der Waals surface area contributed by atoms with Gasteiger partial charge in [-0.2, -0.15) is 0 Å². The Labute approximate surface area is 116 Å². The van der Waals surface area contributed by atoms with Crippen molar-refractivity contribution in [2.75, 3.05) is 37.4 Å². The zero-order valence-electron chi connectivity index (χ0n) is 11.1. The summed E-state index contributed by atoms with van der Waals surface area (Å²) in [4.78, 5) is 16.6. The molecule has 0 saturated carbocycles. The molecule has 7 heteroatoms. The van der Waals surface area contributed by atoms with E-state index in [4.69, 9.17) is 10.5 Å². The second-order valence-electron chi connectivity index (χ2n) is 4.56. The van der Waals surface area contributed by atoms with Gasteiger partial charge in [0.1, 0.15) is 10.7 Å². The van der Waals surface area contributed by atoms with E-state index in [1.165, 1.54) is 11.3 Å². The van der Waals surface area contributed by atoms with Crippen LogP contribution < -0.4 is 16.4 Å². The van der Waals surface area contributed by atoms with Gasteiger partial charge >= 0.3 is 0 Å². The molecule has 0 bridgehead atoms. The van der Waals surface area contributed by atoms with E-state index >= 15 is 0 Å². The van der Waals surface area contributed by atoms with Crippen molar-refractivity contribution in [1.82, 2.24) is 10.3 Å². The van der Waals surface area contributed by atoms with E-state index in [0.29, 0.717) is 28.3 Å². The van der Waals surface area contributed by atoms with Crippen molar-refractivity contribution in [2.45, 2.75) is 19.8 Å². The van der Waals surface area contributed by atoms with Crippen LogP contribution in [0.25, 0.3) is 0 Å². The Kier molecular flexibility index (Phi) is 4.98. The van der Waals surface area contributed by atoms with Gasteiger partial charge in [-0.25, -0.2) is 4.98 Å². The molecule has 1 aromatic rings. The Balaban J connectivity index is 1.88. The smallest absolute Gasteiger partial charge is 0.265 e. The van der Waals surface area contributed by atoms with Crippen LogP contribution in [0.15, 0.2) is 0 Å². The molecule has 1 aliphatic heterocycles. The van der Waals surface area contributed by atoms with Gasteiger partial charge in [-0.3, -0.25) is 4.79 Å². The van der Waals surface area contributed by atoms with Gasteiger partial charge in [0, 0.05) is 19.7 Å². The highest BCUT2D eigenvalue weighted by molar-refractivity contribution is 7.18. The molecule has 0 aromatic carbocycles. The Morgan fingerprint density at radius 2 is 2.47 bits per heavy atom. The van der Waals surface area contributed by atoms with E-state index in [-0.39, 0.29) is 5.91 Å². The number of amides is 1. The van der Waals surface area contributed by atoms with Crippen molar-refractivity contribution in [3.8, 4) is 0 Å². The molecular weight excluding hydrogens is 264 g/mol. The molecule has 0 aliphatic carbocycles. The monoisotopic (exact) mass is 284 g/mol. The van der Waals surface area contributed by atoms with Crippen LogP contribution in [0.1, 0.15) is 29.4 Å². The summed E-state index contributed by atoms with van der Waals surface area (Å²) in [5.41, 5.74) is 5.76. The molecule has 4 N–H and O–H groups in total. The third-order valence-corrected chi connectivity index (χ3v) is 4.02. The van der Waals surface area contributed by atoms with Crippen molar-refractivity contribution < 1.29 is 9.53 Å². The third-order valence-electron chi connectivity index (χ3n) is 2.99. The molecule has 1 amide bonds. The zero-order valence-corrected chi connectivity index (χ0v) is 11.9. The van der Waals surface area contributed by atoms with Crippen LogP contribution >= 0.6 is 11.3 Å². The molecule has 0 spiro atoms. The van der Waals surface area contributed by atoms with Crippen molar-refractivity contribution in [3.05, 3.63) is 4.88 Å². The fourth-order valence-electron chi connectivity index (χ4n) is 2.01. The summed E-state index contributed by atoms with van der Waals surface area (Å²) in [6.07, 6.45) is 2.16. The quantitative estimate of drug-likeness (QED) is 0.758. The van der Waals surface area contributed by atoms with Crippen LogP contribution in [0.5, 0.6) is 0 Å². The number of rotatable bonds is 5. The molecule has 1 aliphatic rings. The number of hydrogen-bond acceptors (Lipinski definition) is 6. The number of ether oxygens (including phenoxy) is 1. The second kappa shape index (κ2) is 6.72. The summed E-state index contributed by atoms with van der Waals surface area (Å²) in [7, 11) is 0. The lowest BCUT2D eigenvalue weighted by Crippen LogP contribution is -2.33. The molecule has 2 heterocycles. The van der Waals surface area contributed by atoms with Gasteiger partial charge in [-0.15, -0.1) is 0 Å². The molecule has 1 unspecified atom stereocenters. The molecule has 106 valence electrons. The number of carbonyl (C=O) groups excluding carboxylic acids is 1. The van der Waals surface area contributed by atoms with Gasteiger partial charge in [0.15, 0.2) is 5.13 Å². The lowest BCUT2D eigenvalue weighted by Gasteiger charge is -2.21. The fraction of sp³-hybridized carbons (Fsp3) is 0.667. The van der Waals surface area contributed by atoms with Crippen LogP contribution in [-0.4, -0.2) is 37.2 Å². The maximum absolute atomic E-state index is 12.0. The first-order chi connectivity index (χ1) is 9.20. The predicted molar refractivity (Wildman–Crippen MR) is 76.6 cm³/mol. The van der Waals surface area contributed by atoms with Crippen molar-refractivity contribution >= 4 is 28.2 Å². The minimum atomic E-state index is -0.148. The van der Waals surface area contributed by atoms with Crippen LogP contribution in [0.3, 0.4) is 0 Å². The Hall–Kier alpha value is -1.34. The van der Waals surface area contributed by atoms with E-state index in [1.807, 2.05) is 6.92 Å². The molecule has 19 heavy (non-hydrogen) atoms. The number of thiazole rings is 1. The van der Waals surface area contributed by atoms with Crippen LogP contribution in [0.2, 0.25) is 0 Å². The topological polar surface area (TPSA) is 89.3 Å². The predicted octanol–water partition coefficient (Wildman–Crippen LogP) is 1.31. The first-order valence-corrected chi connectivity index (χ1v) is 7.38. The van der Waals surface area contributed by atoms with Gasteiger partial charge in [-0.05, 0) is 25.7 Å². The lowest BCUT2D eigenvalue weighted by molar-refractivity contribution is 0.0537. The van der Waals surface area contributed by atoms with Crippen molar-refractivity contribution in [3.63, 3.8) is 0 Å². The number of nitrogen functional groups attached to an aromatic ring is 1. The van der Waals surface area contributed by atoms with Crippen molar-refractivity contribution in [2.24, 2.45) is 5.92 Å². The maximum atomic E-state index is 12.0. The van der Waals surface area contributed by atoms with Gasteiger partial charge < -0.3 is 21.1 Å². The number of nitrogens with zero attached hydrogens (tertiary/aromatic N) is 1. The number of hydrogen-bond donors (Lipinski definition) is 3. The van der Waals surface area contributed by atoms with Gasteiger partial charge in [0.25, 0.3) is 5.91 Å². The summed E-state index contributed by atoms with van der Waals surface area (Å²) in [6, 6.07) is 0. The van der Waals surface area contributed by atoms with E-state index in [2.05, 4.69) is 15.6 Å². The highest BCUT2D eigenvalue weighted by Gasteiger charge is 2.19. The minimum Gasteiger partial charge on any atom is -0.382 e. The first-order valence-electron chi connectivity index (χ1n) is 6.56. The highest BCUT2D eigenvalue weighted by atomic mass is 32.1.